The van der Waals surface area contributed by atoms with E-state index in [4.69, 9.17) is 0 Å². The van der Waals surface area contributed by atoms with Crippen molar-refractivity contribution in [3.05, 3.63) is 35.4 Å². The first-order chi connectivity index (χ1) is 11.8. The molecule has 2 fully saturated rings. The number of piperidine rings is 1. The maximum Gasteiger partial charge on any atom is 0.217 e. The van der Waals surface area contributed by atoms with E-state index in [1.165, 1.54) is 6.07 Å². The topological polar surface area (TPSA) is 82.3 Å². The normalized spacial score (nSPS) is 33.5. The number of benzene rings is 1. The molecular weight excluding hydrogens is 350 g/mol. The number of halogens is 2. The van der Waals surface area contributed by atoms with Crippen LogP contribution in [0.4, 0.5) is 8.78 Å². The zero-order valence-electron chi connectivity index (χ0n) is 14.2. The Balaban J connectivity index is 1.82. The van der Waals surface area contributed by atoms with Gasteiger partial charge >= 0.3 is 0 Å². The van der Waals surface area contributed by atoms with Crippen LogP contribution in [0.5, 0.6) is 0 Å². The molecular formula is C16H24F2N4O2S. The summed E-state index contributed by atoms with van der Waals surface area (Å²) in [6.07, 6.45) is 0.643. The highest BCUT2D eigenvalue weighted by atomic mass is 32.2. The lowest BCUT2D eigenvalue weighted by Gasteiger charge is -2.34. The van der Waals surface area contributed by atoms with Crippen LogP contribution in [-0.2, 0) is 10.0 Å². The molecule has 0 spiro atoms. The van der Waals surface area contributed by atoms with Crippen molar-refractivity contribution in [1.29, 1.82) is 0 Å². The molecule has 0 amide bonds. The Morgan fingerprint density at radius 2 is 1.80 bits per heavy atom. The van der Waals surface area contributed by atoms with Crippen LogP contribution >= 0.6 is 0 Å². The third-order valence-corrected chi connectivity index (χ3v) is 7.22. The van der Waals surface area contributed by atoms with E-state index in [2.05, 4.69) is 20.9 Å². The molecule has 0 saturated carbocycles. The van der Waals surface area contributed by atoms with E-state index in [0.717, 1.165) is 12.1 Å². The number of hydrogen-bond acceptors (Lipinski definition) is 5. The fourth-order valence-corrected chi connectivity index (χ4v) is 5.85. The highest BCUT2D eigenvalue weighted by Gasteiger charge is 2.42. The van der Waals surface area contributed by atoms with E-state index >= 15 is 0 Å². The Morgan fingerprint density at radius 3 is 2.44 bits per heavy atom. The summed E-state index contributed by atoms with van der Waals surface area (Å²) in [5.74, 6) is -2.02. The zero-order chi connectivity index (χ0) is 18.2. The van der Waals surface area contributed by atoms with Crippen LogP contribution in [0.2, 0.25) is 0 Å². The molecule has 2 heterocycles. The van der Waals surface area contributed by atoms with Gasteiger partial charge in [0.1, 0.15) is 5.25 Å². The molecule has 140 valence electrons. The molecule has 4 unspecified atom stereocenters. The smallest absolute Gasteiger partial charge is 0.217 e. The molecule has 0 aromatic heterocycles. The fourth-order valence-electron chi connectivity index (χ4n) is 3.81. The minimum atomic E-state index is -3.60. The maximum atomic E-state index is 13.6. The first-order valence-corrected chi connectivity index (χ1v) is 10.0. The van der Waals surface area contributed by atoms with Crippen molar-refractivity contribution in [1.82, 2.24) is 20.9 Å². The number of nitrogens with one attached hydrogen (secondary N) is 4. The van der Waals surface area contributed by atoms with Crippen molar-refractivity contribution in [3.8, 4) is 0 Å². The molecule has 4 atom stereocenters. The second-order valence-electron chi connectivity index (χ2n) is 6.87. The Morgan fingerprint density at radius 1 is 1.12 bits per heavy atom. The zero-order valence-corrected chi connectivity index (χ0v) is 15.0. The van der Waals surface area contributed by atoms with Gasteiger partial charge in [-0.2, -0.15) is 0 Å². The summed E-state index contributed by atoms with van der Waals surface area (Å²) in [4.78, 5) is 0. The first-order valence-electron chi connectivity index (χ1n) is 8.47. The monoisotopic (exact) mass is 374 g/mol. The molecule has 1 aromatic carbocycles. The second-order valence-corrected chi connectivity index (χ2v) is 8.74. The van der Waals surface area contributed by atoms with E-state index in [0.29, 0.717) is 25.1 Å². The van der Waals surface area contributed by atoms with Gasteiger partial charge in [0.25, 0.3) is 0 Å². The highest BCUT2D eigenvalue weighted by Crippen LogP contribution is 2.28. The largest absolute Gasteiger partial charge is 0.315 e. The predicted octanol–water partition coefficient (Wildman–Crippen LogP) is 0.583. The van der Waals surface area contributed by atoms with E-state index in [-0.39, 0.29) is 18.0 Å². The third kappa shape index (κ3) is 3.85. The number of rotatable bonds is 4. The van der Waals surface area contributed by atoms with Crippen LogP contribution in [-0.4, -0.2) is 44.9 Å². The lowest BCUT2D eigenvalue weighted by molar-refractivity contribution is 0.374. The highest BCUT2D eigenvalue weighted by molar-refractivity contribution is 7.90. The Hall–Kier alpha value is -1.13. The SMILES string of the molecule is CC1NNC(C)C1S(=O)(=O)NC1CNCCC1c1ccc(F)c(F)c1. The van der Waals surface area contributed by atoms with Gasteiger partial charge in [0.15, 0.2) is 11.6 Å². The van der Waals surface area contributed by atoms with Crippen molar-refractivity contribution in [3.63, 3.8) is 0 Å². The van der Waals surface area contributed by atoms with Gasteiger partial charge in [-0.05, 0) is 44.5 Å². The van der Waals surface area contributed by atoms with Crippen molar-refractivity contribution in [2.24, 2.45) is 0 Å². The minimum absolute atomic E-state index is 0.209. The van der Waals surface area contributed by atoms with Crippen molar-refractivity contribution < 1.29 is 17.2 Å². The molecule has 0 aliphatic carbocycles. The predicted molar refractivity (Wildman–Crippen MR) is 91.4 cm³/mol. The van der Waals surface area contributed by atoms with Gasteiger partial charge in [-0.25, -0.2) is 21.9 Å². The number of hydrogen-bond donors (Lipinski definition) is 4. The summed E-state index contributed by atoms with van der Waals surface area (Å²) in [6.45, 7) is 4.76. The van der Waals surface area contributed by atoms with Gasteiger partial charge in [-0.3, -0.25) is 10.9 Å². The van der Waals surface area contributed by atoms with Crippen molar-refractivity contribution in [2.75, 3.05) is 13.1 Å². The first kappa shape index (κ1) is 18.7. The van der Waals surface area contributed by atoms with E-state index in [9.17, 15) is 17.2 Å². The lowest BCUT2D eigenvalue weighted by Crippen LogP contribution is -2.54. The molecule has 2 aliphatic heterocycles. The third-order valence-electron chi connectivity index (χ3n) is 5.05. The summed E-state index contributed by atoms with van der Waals surface area (Å²) < 4.78 is 55.3. The van der Waals surface area contributed by atoms with Crippen LogP contribution in [0.1, 0.15) is 31.7 Å². The van der Waals surface area contributed by atoms with E-state index in [1.54, 1.807) is 0 Å². The summed E-state index contributed by atoms with van der Waals surface area (Å²) in [6, 6.07) is 2.91. The molecule has 25 heavy (non-hydrogen) atoms. The summed E-state index contributed by atoms with van der Waals surface area (Å²) in [7, 11) is -3.60. The van der Waals surface area contributed by atoms with Crippen LogP contribution in [0, 0.1) is 11.6 Å². The van der Waals surface area contributed by atoms with Crippen molar-refractivity contribution in [2.45, 2.75) is 49.6 Å². The molecule has 0 bridgehead atoms. The van der Waals surface area contributed by atoms with Gasteiger partial charge < -0.3 is 5.32 Å². The summed E-state index contributed by atoms with van der Waals surface area (Å²) in [5.41, 5.74) is 6.49. The Kier molecular flexibility index (Phi) is 5.40. The van der Waals surface area contributed by atoms with Crippen LogP contribution in [0.15, 0.2) is 18.2 Å². The summed E-state index contributed by atoms with van der Waals surface area (Å²) >= 11 is 0. The van der Waals surface area contributed by atoms with E-state index in [1.807, 2.05) is 13.8 Å². The number of sulfonamides is 1. The number of hydrazine groups is 1. The standard InChI is InChI=1S/C16H24F2N4O2S/c1-9-16(10(2)21-20-9)25(23,24)22-15-8-19-6-5-12(15)11-3-4-13(17)14(18)7-11/h3-4,7,9-10,12,15-16,19-22H,5-6,8H2,1-2H3. The minimum Gasteiger partial charge on any atom is -0.315 e. The average Bonchev–Trinajstić information content (AvgIpc) is 2.90. The van der Waals surface area contributed by atoms with E-state index < -0.39 is 32.9 Å². The molecule has 9 heteroatoms. The summed E-state index contributed by atoms with van der Waals surface area (Å²) in [5, 5.41) is 2.56. The lowest BCUT2D eigenvalue weighted by atomic mass is 9.86. The van der Waals surface area contributed by atoms with Gasteiger partial charge in [0, 0.05) is 30.6 Å². The van der Waals surface area contributed by atoms with Gasteiger partial charge in [0.2, 0.25) is 10.0 Å². The van der Waals surface area contributed by atoms with Gasteiger partial charge in [-0.15, -0.1) is 0 Å². The molecule has 3 rings (SSSR count). The van der Waals surface area contributed by atoms with Crippen molar-refractivity contribution >= 4 is 10.0 Å². The van der Waals surface area contributed by atoms with Gasteiger partial charge in [0.05, 0.1) is 0 Å². The van der Waals surface area contributed by atoms with Crippen LogP contribution in [0.3, 0.4) is 0 Å². The molecule has 6 nitrogen and oxygen atoms in total. The molecule has 4 N–H and O–H groups in total. The molecule has 2 aliphatic rings. The Bertz CT molecular complexity index is 721. The molecule has 0 radical (unpaired) electrons. The second kappa shape index (κ2) is 7.24. The van der Waals surface area contributed by atoms with Crippen LogP contribution < -0.4 is 20.9 Å². The fraction of sp³-hybridized carbons (Fsp3) is 0.625. The Labute approximate surface area is 146 Å². The average molecular weight is 374 g/mol. The molecule has 2 saturated heterocycles. The quantitative estimate of drug-likeness (QED) is 0.620. The maximum absolute atomic E-state index is 13.6. The van der Waals surface area contributed by atoms with Crippen LogP contribution in [0.25, 0.3) is 0 Å². The van der Waals surface area contributed by atoms with Gasteiger partial charge in [-0.1, -0.05) is 6.07 Å². The molecule has 1 aromatic rings.